The van der Waals surface area contributed by atoms with E-state index in [1.165, 1.54) is 14.2 Å². The van der Waals surface area contributed by atoms with E-state index in [-0.39, 0.29) is 0 Å². The SMILES string of the molecule is C/C=C(/c1ccccc1)P(=O)(OC)OC. The molecule has 0 aromatic heterocycles. The molecule has 82 valence electrons. The molecule has 0 aliphatic carbocycles. The number of rotatable bonds is 4. The lowest BCUT2D eigenvalue weighted by Crippen LogP contribution is -1.92. The van der Waals surface area contributed by atoms with Crippen LogP contribution in [-0.2, 0) is 13.6 Å². The molecular formula is C11H15O3P. The summed E-state index contributed by atoms with van der Waals surface area (Å²) in [4.78, 5) is 0. The van der Waals surface area contributed by atoms with Crippen LogP contribution >= 0.6 is 7.60 Å². The Morgan fingerprint density at radius 1 is 1.20 bits per heavy atom. The molecule has 0 unspecified atom stereocenters. The molecule has 1 aromatic rings. The quantitative estimate of drug-likeness (QED) is 0.736. The zero-order valence-corrected chi connectivity index (χ0v) is 10.0. The van der Waals surface area contributed by atoms with Crippen LogP contribution in [0.15, 0.2) is 36.4 Å². The normalized spacial score (nSPS) is 12.9. The van der Waals surface area contributed by atoms with E-state index in [1.54, 1.807) is 6.08 Å². The predicted octanol–water partition coefficient (Wildman–Crippen LogP) is 3.53. The fourth-order valence-corrected chi connectivity index (χ4v) is 2.69. The van der Waals surface area contributed by atoms with Gasteiger partial charge < -0.3 is 9.05 Å². The lowest BCUT2D eigenvalue weighted by Gasteiger charge is -2.17. The Kier molecular flexibility index (Phi) is 4.28. The highest BCUT2D eigenvalue weighted by atomic mass is 31.2. The summed E-state index contributed by atoms with van der Waals surface area (Å²) in [5.74, 6) is 0. The predicted molar refractivity (Wildman–Crippen MR) is 61.7 cm³/mol. The van der Waals surface area contributed by atoms with Gasteiger partial charge in [-0.1, -0.05) is 36.4 Å². The Balaban J connectivity index is 3.17. The van der Waals surface area contributed by atoms with Crippen molar-refractivity contribution in [2.45, 2.75) is 6.92 Å². The van der Waals surface area contributed by atoms with Gasteiger partial charge >= 0.3 is 7.60 Å². The molecule has 0 aliphatic rings. The van der Waals surface area contributed by atoms with E-state index < -0.39 is 7.60 Å². The first-order chi connectivity index (χ1) is 7.18. The fourth-order valence-electron chi connectivity index (χ4n) is 1.36. The molecule has 0 saturated carbocycles. The van der Waals surface area contributed by atoms with Crippen molar-refractivity contribution >= 4 is 12.9 Å². The van der Waals surface area contributed by atoms with Crippen molar-refractivity contribution in [2.75, 3.05) is 14.2 Å². The summed E-state index contributed by atoms with van der Waals surface area (Å²) in [6, 6.07) is 9.42. The van der Waals surface area contributed by atoms with E-state index in [0.717, 1.165) is 5.56 Å². The molecular weight excluding hydrogens is 211 g/mol. The van der Waals surface area contributed by atoms with Crippen LogP contribution in [0.3, 0.4) is 0 Å². The van der Waals surface area contributed by atoms with Gasteiger partial charge in [0.25, 0.3) is 0 Å². The maximum atomic E-state index is 12.2. The molecule has 0 heterocycles. The van der Waals surface area contributed by atoms with Gasteiger partial charge in [-0.15, -0.1) is 0 Å². The smallest absolute Gasteiger partial charge is 0.309 e. The molecule has 3 nitrogen and oxygen atoms in total. The van der Waals surface area contributed by atoms with Crippen LogP contribution in [-0.4, -0.2) is 14.2 Å². The van der Waals surface area contributed by atoms with Crippen LogP contribution in [0.1, 0.15) is 12.5 Å². The Morgan fingerprint density at radius 2 is 1.73 bits per heavy atom. The molecule has 0 spiro atoms. The molecule has 0 bridgehead atoms. The van der Waals surface area contributed by atoms with E-state index in [2.05, 4.69) is 0 Å². The molecule has 0 saturated heterocycles. The van der Waals surface area contributed by atoms with Crippen molar-refractivity contribution in [2.24, 2.45) is 0 Å². The van der Waals surface area contributed by atoms with Gasteiger partial charge in [-0.25, -0.2) is 0 Å². The van der Waals surface area contributed by atoms with Gasteiger partial charge in [0.2, 0.25) is 0 Å². The zero-order chi connectivity index (χ0) is 11.3. The fraction of sp³-hybridized carbons (Fsp3) is 0.273. The largest absolute Gasteiger partial charge is 0.361 e. The third-order valence-electron chi connectivity index (χ3n) is 2.12. The third-order valence-corrected chi connectivity index (χ3v) is 4.19. The summed E-state index contributed by atoms with van der Waals surface area (Å²) in [7, 11) is -0.381. The molecule has 0 amide bonds. The van der Waals surface area contributed by atoms with Crippen molar-refractivity contribution in [3.8, 4) is 0 Å². The van der Waals surface area contributed by atoms with Crippen molar-refractivity contribution in [1.29, 1.82) is 0 Å². The highest BCUT2D eigenvalue weighted by Gasteiger charge is 2.27. The standard InChI is InChI=1S/C11H15O3P/c1-4-11(15(12,13-2)14-3)10-8-6-5-7-9-10/h4-9H,1-3H3/b11-4-. The first-order valence-corrected chi connectivity index (χ1v) is 6.16. The second-order valence-corrected chi connectivity index (χ2v) is 5.11. The Hall–Kier alpha value is -0.890. The average Bonchev–Trinajstić information content (AvgIpc) is 2.31. The van der Waals surface area contributed by atoms with Crippen molar-refractivity contribution in [3.63, 3.8) is 0 Å². The number of hydrogen-bond donors (Lipinski definition) is 0. The first-order valence-electron chi connectivity index (χ1n) is 4.61. The highest BCUT2D eigenvalue weighted by Crippen LogP contribution is 2.59. The minimum absolute atomic E-state index is 0.591. The Morgan fingerprint density at radius 3 is 2.13 bits per heavy atom. The van der Waals surface area contributed by atoms with E-state index >= 15 is 0 Å². The van der Waals surface area contributed by atoms with Gasteiger partial charge in [-0.05, 0) is 12.5 Å². The molecule has 1 aromatic carbocycles. The summed E-state index contributed by atoms with van der Waals surface area (Å²) < 4.78 is 22.1. The molecule has 0 N–H and O–H groups in total. The van der Waals surface area contributed by atoms with E-state index in [9.17, 15) is 4.57 Å². The topological polar surface area (TPSA) is 35.5 Å². The van der Waals surface area contributed by atoms with Crippen LogP contribution in [0.5, 0.6) is 0 Å². The van der Waals surface area contributed by atoms with Crippen molar-refractivity contribution in [3.05, 3.63) is 42.0 Å². The molecule has 1 rings (SSSR count). The average molecular weight is 226 g/mol. The second kappa shape index (κ2) is 5.26. The maximum Gasteiger partial charge on any atom is 0.361 e. The van der Waals surface area contributed by atoms with Gasteiger partial charge in [-0.2, -0.15) is 0 Å². The third kappa shape index (κ3) is 2.57. The van der Waals surface area contributed by atoms with Crippen LogP contribution in [0.4, 0.5) is 0 Å². The monoisotopic (exact) mass is 226 g/mol. The summed E-state index contributed by atoms with van der Waals surface area (Å²) in [6.07, 6.45) is 1.75. The molecule has 0 radical (unpaired) electrons. The summed E-state index contributed by atoms with van der Waals surface area (Å²) in [5.41, 5.74) is 0.854. The van der Waals surface area contributed by atoms with Gasteiger partial charge in [0.05, 0.1) is 5.31 Å². The van der Waals surface area contributed by atoms with Crippen LogP contribution < -0.4 is 0 Å². The van der Waals surface area contributed by atoms with E-state index in [0.29, 0.717) is 5.31 Å². The van der Waals surface area contributed by atoms with Crippen LogP contribution in [0.25, 0.3) is 5.31 Å². The van der Waals surface area contributed by atoms with Crippen molar-refractivity contribution in [1.82, 2.24) is 0 Å². The number of allylic oxidation sites excluding steroid dienone is 1. The van der Waals surface area contributed by atoms with Crippen LogP contribution in [0.2, 0.25) is 0 Å². The summed E-state index contributed by atoms with van der Waals surface area (Å²) in [6.45, 7) is 1.81. The molecule has 0 fully saturated rings. The summed E-state index contributed by atoms with van der Waals surface area (Å²) in [5, 5.41) is 0.591. The zero-order valence-electron chi connectivity index (χ0n) is 9.14. The Labute approximate surface area is 90.3 Å². The Bertz CT molecular complexity index is 376. The maximum absolute atomic E-state index is 12.2. The van der Waals surface area contributed by atoms with Gasteiger partial charge in [0, 0.05) is 14.2 Å². The lowest BCUT2D eigenvalue weighted by atomic mass is 10.2. The molecule has 0 atom stereocenters. The van der Waals surface area contributed by atoms with Gasteiger partial charge in [0.1, 0.15) is 0 Å². The number of benzene rings is 1. The summed E-state index contributed by atoms with van der Waals surface area (Å²) >= 11 is 0. The highest BCUT2D eigenvalue weighted by molar-refractivity contribution is 7.65. The van der Waals surface area contributed by atoms with Crippen molar-refractivity contribution < 1.29 is 13.6 Å². The molecule has 4 heteroatoms. The minimum Gasteiger partial charge on any atom is -0.309 e. The lowest BCUT2D eigenvalue weighted by molar-refractivity contribution is 0.288. The second-order valence-electron chi connectivity index (χ2n) is 2.90. The van der Waals surface area contributed by atoms with Gasteiger partial charge in [-0.3, -0.25) is 4.57 Å². The molecule has 0 aliphatic heterocycles. The first kappa shape index (κ1) is 12.2. The van der Waals surface area contributed by atoms with Gasteiger partial charge in [0.15, 0.2) is 0 Å². The number of hydrogen-bond acceptors (Lipinski definition) is 3. The van der Waals surface area contributed by atoms with Crippen LogP contribution in [0, 0.1) is 0 Å². The minimum atomic E-state index is -3.15. The van der Waals surface area contributed by atoms with E-state index in [4.69, 9.17) is 9.05 Å². The molecule has 15 heavy (non-hydrogen) atoms. The van der Waals surface area contributed by atoms with E-state index in [1.807, 2.05) is 37.3 Å².